The summed E-state index contributed by atoms with van der Waals surface area (Å²) in [7, 11) is 0. The van der Waals surface area contributed by atoms with E-state index in [0.29, 0.717) is 11.8 Å². The van der Waals surface area contributed by atoms with Crippen LogP contribution >= 0.6 is 11.3 Å². The summed E-state index contributed by atoms with van der Waals surface area (Å²) >= 11 is 1.92. The first-order valence-electron chi connectivity index (χ1n) is 7.14. The molecular formula is C15H20OS. The van der Waals surface area contributed by atoms with Gasteiger partial charge >= 0.3 is 0 Å². The van der Waals surface area contributed by atoms with E-state index < -0.39 is 5.60 Å². The Bertz CT molecular complexity index is 412. The summed E-state index contributed by atoms with van der Waals surface area (Å²) in [5.74, 6) is 1.19. The highest BCUT2D eigenvalue weighted by atomic mass is 32.1. The fraction of sp³-hybridized carbons (Fsp3) is 0.733. The summed E-state index contributed by atoms with van der Waals surface area (Å²) < 4.78 is 0. The second kappa shape index (κ2) is 3.58. The predicted molar refractivity (Wildman–Crippen MR) is 70.3 cm³/mol. The van der Waals surface area contributed by atoms with Crippen LogP contribution in [0.2, 0.25) is 0 Å². The molecule has 0 bridgehead atoms. The Kier molecular flexibility index (Phi) is 2.23. The van der Waals surface area contributed by atoms with Gasteiger partial charge in [0.05, 0.1) is 0 Å². The normalized spacial score (nSPS) is 39.6. The number of rotatable bonds is 1. The molecule has 2 fully saturated rings. The van der Waals surface area contributed by atoms with E-state index in [9.17, 15) is 5.11 Å². The third kappa shape index (κ3) is 1.40. The van der Waals surface area contributed by atoms with Crippen molar-refractivity contribution in [2.75, 3.05) is 0 Å². The van der Waals surface area contributed by atoms with Crippen LogP contribution in [0, 0.1) is 11.8 Å². The molecule has 1 aromatic rings. The summed E-state index contributed by atoms with van der Waals surface area (Å²) in [6.45, 7) is 0. The number of aryl methyl sites for hydroxylation is 2. The number of fused-ring (bicyclic) bond motifs is 2. The molecule has 0 aliphatic heterocycles. The van der Waals surface area contributed by atoms with Crippen molar-refractivity contribution in [3.05, 3.63) is 21.4 Å². The molecule has 1 nitrogen and oxygen atoms in total. The first-order chi connectivity index (χ1) is 8.30. The molecule has 17 heavy (non-hydrogen) atoms. The van der Waals surface area contributed by atoms with Crippen molar-refractivity contribution in [3.8, 4) is 0 Å². The zero-order chi connectivity index (χ0) is 11.5. The molecule has 0 saturated heterocycles. The van der Waals surface area contributed by atoms with Crippen LogP contribution in [-0.4, -0.2) is 5.11 Å². The number of hydrogen-bond donors (Lipinski definition) is 1. The molecule has 0 spiro atoms. The molecular weight excluding hydrogens is 228 g/mol. The molecule has 2 unspecified atom stereocenters. The third-order valence-corrected chi connectivity index (χ3v) is 6.56. The summed E-state index contributed by atoms with van der Waals surface area (Å²) in [5, 5.41) is 10.9. The minimum atomic E-state index is -0.404. The summed E-state index contributed by atoms with van der Waals surface area (Å²) in [6.07, 6.45) is 10.4. The van der Waals surface area contributed by atoms with Crippen LogP contribution in [0.1, 0.15) is 53.8 Å². The fourth-order valence-electron chi connectivity index (χ4n) is 4.15. The van der Waals surface area contributed by atoms with Crippen molar-refractivity contribution < 1.29 is 5.11 Å². The van der Waals surface area contributed by atoms with Crippen molar-refractivity contribution in [3.63, 3.8) is 0 Å². The van der Waals surface area contributed by atoms with Crippen LogP contribution in [0.15, 0.2) is 6.07 Å². The quantitative estimate of drug-likeness (QED) is 0.804. The Labute approximate surface area is 107 Å². The number of aliphatic hydroxyl groups is 1. The minimum Gasteiger partial charge on any atom is -0.384 e. The van der Waals surface area contributed by atoms with Crippen molar-refractivity contribution in [1.29, 1.82) is 0 Å². The van der Waals surface area contributed by atoms with Gasteiger partial charge in [-0.2, -0.15) is 0 Å². The molecule has 92 valence electrons. The lowest BCUT2D eigenvalue weighted by Gasteiger charge is -2.08. The predicted octanol–water partition coefficient (Wildman–Crippen LogP) is 3.63. The Morgan fingerprint density at radius 1 is 1.06 bits per heavy atom. The topological polar surface area (TPSA) is 20.2 Å². The second-order valence-corrected chi connectivity index (χ2v) is 7.23. The zero-order valence-corrected chi connectivity index (χ0v) is 11.1. The monoisotopic (exact) mass is 248 g/mol. The van der Waals surface area contributed by atoms with E-state index in [-0.39, 0.29) is 0 Å². The van der Waals surface area contributed by atoms with Crippen LogP contribution in [0.4, 0.5) is 0 Å². The van der Waals surface area contributed by atoms with Crippen LogP contribution in [0.3, 0.4) is 0 Å². The van der Waals surface area contributed by atoms with Gasteiger partial charge in [0.2, 0.25) is 0 Å². The van der Waals surface area contributed by atoms with Gasteiger partial charge in [-0.1, -0.05) is 12.8 Å². The maximum Gasteiger partial charge on any atom is 0.105 e. The Morgan fingerprint density at radius 3 is 2.47 bits per heavy atom. The molecule has 2 heteroatoms. The van der Waals surface area contributed by atoms with Gasteiger partial charge in [-0.3, -0.25) is 0 Å². The average molecular weight is 248 g/mol. The van der Waals surface area contributed by atoms with E-state index in [4.69, 9.17) is 0 Å². The number of thiophene rings is 1. The Morgan fingerprint density at radius 2 is 1.76 bits per heavy atom. The van der Waals surface area contributed by atoms with E-state index in [1.54, 1.807) is 10.4 Å². The zero-order valence-electron chi connectivity index (χ0n) is 10.2. The maximum absolute atomic E-state index is 10.9. The van der Waals surface area contributed by atoms with Gasteiger partial charge in [0, 0.05) is 9.75 Å². The van der Waals surface area contributed by atoms with Crippen molar-refractivity contribution in [1.82, 2.24) is 0 Å². The van der Waals surface area contributed by atoms with Crippen LogP contribution in [-0.2, 0) is 18.4 Å². The first kappa shape index (κ1) is 10.6. The summed E-state index contributed by atoms with van der Waals surface area (Å²) in [5.41, 5.74) is 1.15. The molecule has 1 heterocycles. The van der Waals surface area contributed by atoms with Gasteiger partial charge < -0.3 is 5.11 Å². The van der Waals surface area contributed by atoms with E-state index in [2.05, 4.69) is 6.07 Å². The number of hydrogen-bond acceptors (Lipinski definition) is 2. The van der Waals surface area contributed by atoms with Crippen molar-refractivity contribution in [2.45, 2.75) is 57.0 Å². The van der Waals surface area contributed by atoms with Crippen molar-refractivity contribution in [2.24, 2.45) is 11.8 Å². The first-order valence-corrected chi connectivity index (χ1v) is 7.96. The molecule has 4 rings (SSSR count). The van der Waals surface area contributed by atoms with Crippen LogP contribution in [0.5, 0.6) is 0 Å². The maximum atomic E-state index is 10.9. The van der Waals surface area contributed by atoms with Crippen LogP contribution in [0.25, 0.3) is 0 Å². The average Bonchev–Trinajstić information content (AvgIpc) is 2.80. The fourth-order valence-corrected chi connectivity index (χ4v) is 5.62. The highest BCUT2D eigenvalue weighted by Gasteiger charge is 2.65. The lowest BCUT2D eigenvalue weighted by molar-refractivity contribution is 0.122. The minimum absolute atomic E-state index is 0.404. The SMILES string of the molecule is OC1(c2cc3c(s2)CCCC3)C2CCCCC21. The van der Waals surface area contributed by atoms with E-state index in [1.165, 1.54) is 56.2 Å². The highest BCUT2D eigenvalue weighted by molar-refractivity contribution is 7.12. The molecule has 1 N–H and O–H groups in total. The summed E-state index contributed by atoms with van der Waals surface area (Å²) in [4.78, 5) is 2.88. The molecule has 2 saturated carbocycles. The van der Waals surface area contributed by atoms with E-state index in [0.717, 1.165) is 0 Å². The third-order valence-electron chi connectivity index (χ3n) is 5.18. The van der Waals surface area contributed by atoms with Gasteiger partial charge in [-0.05, 0) is 62.0 Å². The standard InChI is InChI=1S/C15H20OS/c16-15(11-6-2-3-7-12(11)15)14-9-10-5-1-4-8-13(10)17-14/h9,11-12,16H,1-8H2. The lowest BCUT2D eigenvalue weighted by atomic mass is 9.98. The Hall–Kier alpha value is -0.340. The molecule has 0 amide bonds. The lowest BCUT2D eigenvalue weighted by Crippen LogP contribution is -2.07. The van der Waals surface area contributed by atoms with Crippen molar-refractivity contribution >= 4 is 11.3 Å². The van der Waals surface area contributed by atoms with Gasteiger partial charge in [0.25, 0.3) is 0 Å². The van der Waals surface area contributed by atoms with Gasteiger partial charge in [-0.15, -0.1) is 11.3 Å². The molecule has 2 atom stereocenters. The van der Waals surface area contributed by atoms with Gasteiger partial charge in [0.15, 0.2) is 0 Å². The van der Waals surface area contributed by atoms with Gasteiger partial charge in [-0.25, -0.2) is 0 Å². The molecule has 1 aromatic heterocycles. The van der Waals surface area contributed by atoms with E-state index in [1.807, 2.05) is 11.3 Å². The molecule has 3 aliphatic carbocycles. The molecule has 0 radical (unpaired) electrons. The highest BCUT2D eigenvalue weighted by Crippen LogP contribution is 2.65. The largest absolute Gasteiger partial charge is 0.384 e. The smallest absolute Gasteiger partial charge is 0.105 e. The second-order valence-electron chi connectivity index (χ2n) is 6.09. The van der Waals surface area contributed by atoms with E-state index >= 15 is 0 Å². The summed E-state index contributed by atoms with van der Waals surface area (Å²) in [6, 6.07) is 2.34. The van der Waals surface area contributed by atoms with Gasteiger partial charge in [0.1, 0.15) is 5.60 Å². The van der Waals surface area contributed by atoms with Crippen LogP contribution < -0.4 is 0 Å². The molecule has 0 aromatic carbocycles. The molecule has 3 aliphatic rings. The Balaban J connectivity index is 1.68.